The van der Waals surface area contributed by atoms with Crippen LogP contribution >= 0.6 is 11.8 Å². The van der Waals surface area contributed by atoms with Gasteiger partial charge in [-0.15, -0.1) is 0 Å². The number of nitrogens with one attached hydrogen (secondary N) is 1. The van der Waals surface area contributed by atoms with Gasteiger partial charge in [0.25, 0.3) is 0 Å². The summed E-state index contributed by atoms with van der Waals surface area (Å²) in [6.45, 7) is 2.82. The Morgan fingerprint density at radius 1 is 1.50 bits per heavy atom. The van der Waals surface area contributed by atoms with Gasteiger partial charge in [0.05, 0.1) is 6.67 Å². The van der Waals surface area contributed by atoms with Crippen molar-refractivity contribution in [3.05, 3.63) is 0 Å². The average molecular weight is 159 g/mol. The van der Waals surface area contributed by atoms with Gasteiger partial charge in [0, 0.05) is 24.6 Å². The van der Waals surface area contributed by atoms with Crippen molar-refractivity contribution in [2.75, 3.05) is 31.3 Å². The van der Waals surface area contributed by atoms with Crippen LogP contribution in [0.4, 0.5) is 0 Å². The van der Waals surface area contributed by atoms with Crippen LogP contribution < -0.4 is 5.32 Å². The molecule has 0 aromatic rings. The van der Waals surface area contributed by atoms with Crippen LogP contribution in [0.5, 0.6) is 0 Å². The quantitative estimate of drug-likeness (QED) is 0.571. The fraction of sp³-hybridized carbons (Fsp3) is 0.833. The van der Waals surface area contributed by atoms with E-state index in [4.69, 9.17) is 0 Å². The SMILES string of the molecule is O=[C]NCN1CCSCC1. The molecular formula is C6H11N2OS. The summed E-state index contributed by atoms with van der Waals surface area (Å²) in [5, 5.41) is 2.53. The molecule has 1 fully saturated rings. The molecule has 1 rings (SSSR count). The molecule has 0 bridgehead atoms. The van der Waals surface area contributed by atoms with Crippen LogP contribution in [-0.2, 0) is 4.79 Å². The highest BCUT2D eigenvalue weighted by atomic mass is 32.2. The van der Waals surface area contributed by atoms with Crippen molar-refractivity contribution in [3.63, 3.8) is 0 Å². The van der Waals surface area contributed by atoms with Crippen LogP contribution in [-0.4, -0.2) is 42.6 Å². The Kier molecular flexibility index (Phi) is 3.60. The second kappa shape index (κ2) is 4.57. The van der Waals surface area contributed by atoms with Gasteiger partial charge in [0.15, 0.2) is 0 Å². The zero-order valence-corrected chi connectivity index (χ0v) is 6.62. The van der Waals surface area contributed by atoms with E-state index in [9.17, 15) is 4.79 Å². The molecule has 57 valence electrons. The van der Waals surface area contributed by atoms with Gasteiger partial charge in [-0.05, 0) is 0 Å². The summed E-state index contributed by atoms with van der Waals surface area (Å²) < 4.78 is 0. The minimum absolute atomic E-state index is 0.657. The molecule has 1 radical (unpaired) electrons. The van der Waals surface area contributed by atoms with E-state index in [-0.39, 0.29) is 0 Å². The molecule has 1 saturated heterocycles. The average Bonchev–Trinajstić information content (AvgIpc) is 2.03. The lowest BCUT2D eigenvalue weighted by Gasteiger charge is -2.24. The molecule has 1 amide bonds. The van der Waals surface area contributed by atoms with Crippen LogP contribution in [0, 0.1) is 0 Å². The Hall–Kier alpha value is -0.220. The van der Waals surface area contributed by atoms with Crippen molar-refractivity contribution < 1.29 is 4.79 Å². The van der Waals surface area contributed by atoms with E-state index >= 15 is 0 Å². The highest BCUT2D eigenvalue weighted by Crippen LogP contribution is 2.07. The second-order valence-electron chi connectivity index (χ2n) is 2.17. The molecular weight excluding hydrogens is 148 g/mol. The van der Waals surface area contributed by atoms with E-state index in [0.29, 0.717) is 6.67 Å². The van der Waals surface area contributed by atoms with E-state index in [0.717, 1.165) is 13.1 Å². The number of hydrogen-bond donors (Lipinski definition) is 1. The second-order valence-corrected chi connectivity index (χ2v) is 3.39. The van der Waals surface area contributed by atoms with E-state index in [1.165, 1.54) is 11.5 Å². The summed E-state index contributed by atoms with van der Waals surface area (Å²) in [5.74, 6) is 2.36. The summed E-state index contributed by atoms with van der Waals surface area (Å²) in [6.07, 6.45) is 1.67. The van der Waals surface area contributed by atoms with Crippen molar-refractivity contribution in [2.45, 2.75) is 0 Å². The minimum Gasteiger partial charge on any atom is -0.335 e. The molecule has 0 spiro atoms. The standard InChI is InChI=1S/C6H11N2OS/c9-6-7-5-8-1-3-10-4-2-8/h1-5H2,(H,7,9). The van der Waals surface area contributed by atoms with Crippen LogP contribution in [0.1, 0.15) is 0 Å². The topological polar surface area (TPSA) is 32.3 Å². The lowest BCUT2D eigenvalue weighted by molar-refractivity contribution is 0.295. The predicted octanol–water partition coefficient (Wildman–Crippen LogP) is -0.350. The smallest absolute Gasteiger partial charge is 0.310 e. The summed E-state index contributed by atoms with van der Waals surface area (Å²) in [6, 6.07) is 0. The number of rotatable bonds is 3. The summed E-state index contributed by atoms with van der Waals surface area (Å²) in [5.41, 5.74) is 0. The van der Waals surface area contributed by atoms with Crippen molar-refractivity contribution >= 4 is 18.2 Å². The van der Waals surface area contributed by atoms with Crippen molar-refractivity contribution in [1.82, 2.24) is 10.2 Å². The third-order valence-corrected chi connectivity index (χ3v) is 2.42. The summed E-state index contributed by atoms with van der Waals surface area (Å²) >= 11 is 1.96. The normalized spacial score (nSPS) is 20.4. The highest BCUT2D eigenvalue weighted by Gasteiger charge is 2.08. The Bertz CT molecular complexity index is 104. The Morgan fingerprint density at radius 3 is 2.80 bits per heavy atom. The van der Waals surface area contributed by atoms with E-state index in [2.05, 4.69) is 10.2 Å². The van der Waals surface area contributed by atoms with Gasteiger partial charge in [-0.1, -0.05) is 0 Å². The van der Waals surface area contributed by atoms with Gasteiger partial charge in [0.2, 0.25) is 0 Å². The molecule has 10 heavy (non-hydrogen) atoms. The monoisotopic (exact) mass is 159 g/mol. The molecule has 0 aromatic heterocycles. The lowest BCUT2D eigenvalue weighted by Crippen LogP contribution is -2.39. The number of hydrogen-bond acceptors (Lipinski definition) is 3. The van der Waals surface area contributed by atoms with Gasteiger partial charge >= 0.3 is 6.41 Å². The fourth-order valence-corrected chi connectivity index (χ4v) is 1.88. The van der Waals surface area contributed by atoms with E-state index in [1.807, 2.05) is 11.8 Å². The molecule has 0 unspecified atom stereocenters. The van der Waals surface area contributed by atoms with Gasteiger partial charge in [-0.2, -0.15) is 11.8 Å². The van der Waals surface area contributed by atoms with Gasteiger partial charge in [-0.25, -0.2) is 0 Å². The van der Waals surface area contributed by atoms with Crippen LogP contribution in [0.15, 0.2) is 0 Å². The molecule has 1 N–H and O–H groups in total. The predicted molar refractivity (Wildman–Crippen MR) is 42.6 cm³/mol. The van der Waals surface area contributed by atoms with Crippen molar-refractivity contribution in [1.29, 1.82) is 0 Å². The molecule has 0 atom stereocenters. The Morgan fingerprint density at radius 2 is 2.20 bits per heavy atom. The van der Waals surface area contributed by atoms with Gasteiger partial charge < -0.3 is 5.32 Å². The fourth-order valence-electron chi connectivity index (χ4n) is 0.903. The summed E-state index contributed by atoms with van der Waals surface area (Å²) in [7, 11) is 0. The largest absolute Gasteiger partial charge is 0.335 e. The molecule has 1 aliphatic heterocycles. The molecule has 0 aromatic carbocycles. The number of nitrogens with zero attached hydrogens (tertiary/aromatic N) is 1. The number of amides is 1. The van der Waals surface area contributed by atoms with Crippen molar-refractivity contribution in [2.24, 2.45) is 0 Å². The molecule has 3 nitrogen and oxygen atoms in total. The zero-order chi connectivity index (χ0) is 7.23. The maximum atomic E-state index is 9.78. The molecule has 1 heterocycles. The van der Waals surface area contributed by atoms with Gasteiger partial charge in [0.1, 0.15) is 0 Å². The van der Waals surface area contributed by atoms with Crippen LogP contribution in [0.3, 0.4) is 0 Å². The third-order valence-electron chi connectivity index (χ3n) is 1.48. The first-order valence-electron chi connectivity index (χ1n) is 3.33. The number of thioether (sulfide) groups is 1. The zero-order valence-electron chi connectivity index (χ0n) is 5.80. The molecule has 0 aliphatic carbocycles. The first-order valence-corrected chi connectivity index (χ1v) is 4.49. The number of carbonyl (C=O) groups excluding carboxylic acids is 1. The maximum Gasteiger partial charge on any atom is 0.310 e. The Balaban J connectivity index is 2.07. The minimum atomic E-state index is 0.657. The molecule has 0 saturated carbocycles. The van der Waals surface area contributed by atoms with E-state index < -0.39 is 0 Å². The first-order chi connectivity index (χ1) is 4.93. The summed E-state index contributed by atoms with van der Waals surface area (Å²) in [4.78, 5) is 12.0. The highest BCUT2D eigenvalue weighted by molar-refractivity contribution is 7.99. The molecule has 4 heteroatoms. The van der Waals surface area contributed by atoms with E-state index in [1.54, 1.807) is 6.41 Å². The molecule has 1 aliphatic rings. The third kappa shape index (κ3) is 2.58. The Labute approximate surface area is 65.2 Å². The first kappa shape index (κ1) is 7.88. The van der Waals surface area contributed by atoms with Crippen molar-refractivity contribution in [3.8, 4) is 0 Å². The van der Waals surface area contributed by atoms with Crippen LogP contribution in [0.25, 0.3) is 0 Å². The maximum absolute atomic E-state index is 9.78. The van der Waals surface area contributed by atoms with Gasteiger partial charge in [-0.3, -0.25) is 9.69 Å². The lowest BCUT2D eigenvalue weighted by atomic mass is 10.5. The van der Waals surface area contributed by atoms with Crippen LogP contribution in [0.2, 0.25) is 0 Å².